The maximum Gasteiger partial charge on any atom is 0.307 e. The third kappa shape index (κ3) is 6.25. The average molecular weight is 332 g/mol. The van der Waals surface area contributed by atoms with Gasteiger partial charge in [0.05, 0.1) is 5.92 Å². The van der Waals surface area contributed by atoms with E-state index in [0.29, 0.717) is 22.4 Å². The minimum Gasteiger partial charge on any atom is -0.481 e. The summed E-state index contributed by atoms with van der Waals surface area (Å²) in [5.74, 6) is -0.841. The Hall–Kier alpha value is -0.770. The molecule has 2 atom stereocenters. The van der Waals surface area contributed by atoms with Gasteiger partial charge in [-0.3, -0.25) is 4.79 Å². The Bertz CT molecular complexity index is 466. The molecule has 5 heteroatoms. The van der Waals surface area contributed by atoms with Crippen LogP contribution >= 0.6 is 23.2 Å². The van der Waals surface area contributed by atoms with Crippen LogP contribution in [0.1, 0.15) is 38.2 Å². The quantitative estimate of drug-likeness (QED) is 0.705. The molecule has 0 aliphatic rings. The van der Waals surface area contributed by atoms with Gasteiger partial charge in [-0.25, -0.2) is 0 Å². The number of benzene rings is 1. The number of carbonyl (C=O) groups is 1. The summed E-state index contributed by atoms with van der Waals surface area (Å²) >= 11 is 12.0. The number of nitrogens with two attached hydrogens (primary N) is 1. The fourth-order valence-electron chi connectivity index (χ4n) is 2.49. The lowest BCUT2D eigenvalue weighted by atomic mass is 9.88. The van der Waals surface area contributed by atoms with E-state index < -0.39 is 11.9 Å². The number of rotatable bonds is 9. The van der Waals surface area contributed by atoms with Gasteiger partial charge in [0, 0.05) is 16.6 Å². The van der Waals surface area contributed by atoms with E-state index in [1.54, 1.807) is 6.07 Å². The first-order valence-corrected chi connectivity index (χ1v) is 8.10. The summed E-state index contributed by atoms with van der Waals surface area (Å²) in [5.41, 5.74) is 6.61. The zero-order valence-corrected chi connectivity index (χ0v) is 13.8. The molecule has 0 aliphatic carbocycles. The van der Waals surface area contributed by atoms with Crippen LogP contribution in [0.15, 0.2) is 18.2 Å². The lowest BCUT2D eigenvalue weighted by Gasteiger charge is -2.18. The third-order valence-corrected chi connectivity index (χ3v) is 4.49. The minimum atomic E-state index is -0.795. The first kappa shape index (κ1) is 18.3. The number of aliphatic carboxylic acids is 1. The molecule has 0 aromatic heterocycles. The fraction of sp³-hybridized carbons (Fsp3) is 0.562. The topological polar surface area (TPSA) is 63.3 Å². The number of halogens is 2. The van der Waals surface area contributed by atoms with Crippen LogP contribution < -0.4 is 5.73 Å². The standard InChI is InChI=1S/C16H23Cl2NO2/c1-2-11(8-13(10-19)16(20)21)4-3-5-12-6-7-14(17)9-15(12)18/h6-7,9,11,13H,2-5,8,10,19H2,1H3,(H,20,21). The van der Waals surface area contributed by atoms with Gasteiger partial charge in [0.1, 0.15) is 0 Å². The first-order chi connectivity index (χ1) is 9.97. The maximum absolute atomic E-state index is 11.0. The predicted molar refractivity (Wildman–Crippen MR) is 88.0 cm³/mol. The third-order valence-electron chi connectivity index (χ3n) is 3.90. The zero-order valence-electron chi connectivity index (χ0n) is 12.3. The summed E-state index contributed by atoms with van der Waals surface area (Å²) in [6, 6.07) is 5.55. The molecule has 1 aromatic carbocycles. The van der Waals surface area contributed by atoms with Crippen molar-refractivity contribution in [3.8, 4) is 0 Å². The van der Waals surface area contributed by atoms with Crippen molar-refractivity contribution in [1.82, 2.24) is 0 Å². The van der Waals surface area contributed by atoms with Crippen LogP contribution in [0.3, 0.4) is 0 Å². The summed E-state index contributed by atoms with van der Waals surface area (Å²) in [7, 11) is 0. The summed E-state index contributed by atoms with van der Waals surface area (Å²) in [4.78, 5) is 11.0. The molecule has 0 saturated heterocycles. The van der Waals surface area contributed by atoms with Crippen LogP contribution in [0.4, 0.5) is 0 Å². The Morgan fingerprint density at radius 3 is 2.62 bits per heavy atom. The van der Waals surface area contributed by atoms with Gasteiger partial charge < -0.3 is 10.8 Å². The van der Waals surface area contributed by atoms with E-state index in [9.17, 15) is 4.79 Å². The van der Waals surface area contributed by atoms with Crippen molar-refractivity contribution >= 4 is 29.2 Å². The van der Waals surface area contributed by atoms with Gasteiger partial charge in [-0.15, -0.1) is 0 Å². The monoisotopic (exact) mass is 331 g/mol. The van der Waals surface area contributed by atoms with Crippen molar-refractivity contribution in [3.63, 3.8) is 0 Å². The van der Waals surface area contributed by atoms with Gasteiger partial charge >= 0.3 is 5.97 Å². The van der Waals surface area contributed by atoms with Crippen LogP contribution in [0.2, 0.25) is 10.0 Å². The molecule has 0 fully saturated rings. The largest absolute Gasteiger partial charge is 0.481 e. The zero-order chi connectivity index (χ0) is 15.8. The molecule has 1 aromatic rings. The highest BCUT2D eigenvalue weighted by molar-refractivity contribution is 6.35. The van der Waals surface area contributed by atoms with Crippen LogP contribution in [-0.2, 0) is 11.2 Å². The van der Waals surface area contributed by atoms with Crippen molar-refractivity contribution in [1.29, 1.82) is 0 Å². The van der Waals surface area contributed by atoms with E-state index in [1.165, 1.54) is 0 Å². The Morgan fingerprint density at radius 1 is 1.38 bits per heavy atom. The molecule has 3 N–H and O–H groups in total. The van der Waals surface area contributed by atoms with E-state index >= 15 is 0 Å². The minimum absolute atomic E-state index is 0.203. The van der Waals surface area contributed by atoms with Gasteiger partial charge in [-0.1, -0.05) is 49.0 Å². The molecule has 0 amide bonds. The molecule has 118 valence electrons. The first-order valence-electron chi connectivity index (χ1n) is 7.34. The molecular formula is C16H23Cl2NO2. The number of hydrogen-bond acceptors (Lipinski definition) is 2. The molecule has 21 heavy (non-hydrogen) atoms. The Balaban J connectivity index is 2.46. The molecule has 3 nitrogen and oxygen atoms in total. The molecule has 0 saturated carbocycles. The molecule has 0 heterocycles. The van der Waals surface area contributed by atoms with E-state index in [2.05, 4.69) is 6.92 Å². The Kier molecular flexibility index (Phi) is 8.09. The second kappa shape index (κ2) is 9.29. The van der Waals surface area contributed by atoms with Crippen LogP contribution in [0.25, 0.3) is 0 Å². The Morgan fingerprint density at radius 2 is 2.10 bits per heavy atom. The SMILES string of the molecule is CCC(CCCc1ccc(Cl)cc1Cl)CC(CN)C(=O)O. The molecule has 0 spiro atoms. The molecule has 0 radical (unpaired) electrons. The van der Waals surface area contributed by atoms with Crippen molar-refractivity contribution < 1.29 is 9.90 Å². The smallest absolute Gasteiger partial charge is 0.307 e. The Labute approximate surface area is 136 Å². The van der Waals surface area contributed by atoms with Crippen molar-refractivity contribution in [2.45, 2.75) is 39.0 Å². The van der Waals surface area contributed by atoms with E-state index in [0.717, 1.165) is 31.2 Å². The lowest BCUT2D eigenvalue weighted by molar-refractivity contribution is -0.142. The number of hydrogen-bond donors (Lipinski definition) is 2. The van der Waals surface area contributed by atoms with Crippen molar-refractivity contribution in [2.75, 3.05) is 6.54 Å². The lowest BCUT2D eigenvalue weighted by Crippen LogP contribution is -2.25. The van der Waals surface area contributed by atoms with Gasteiger partial charge in [0.2, 0.25) is 0 Å². The van der Waals surface area contributed by atoms with Crippen LogP contribution in [0, 0.1) is 11.8 Å². The molecule has 1 rings (SSSR count). The molecule has 2 unspecified atom stereocenters. The van der Waals surface area contributed by atoms with Gasteiger partial charge in [-0.05, 0) is 42.9 Å². The van der Waals surface area contributed by atoms with Crippen molar-refractivity contribution in [3.05, 3.63) is 33.8 Å². The second-order valence-corrected chi connectivity index (χ2v) is 6.25. The highest BCUT2D eigenvalue weighted by Crippen LogP contribution is 2.25. The molecule has 0 bridgehead atoms. The van der Waals surface area contributed by atoms with Gasteiger partial charge in [0.15, 0.2) is 0 Å². The number of carboxylic acids is 1. The summed E-state index contributed by atoms with van der Waals surface area (Å²) in [5, 5.41) is 10.4. The predicted octanol–water partition coefficient (Wildman–Crippen LogP) is 4.39. The van der Waals surface area contributed by atoms with Crippen molar-refractivity contribution in [2.24, 2.45) is 17.6 Å². The summed E-state index contributed by atoms with van der Waals surface area (Å²) in [6.45, 7) is 2.30. The highest BCUT2D eigenvalue weighted by Gasteiger charge is 2.20. The fourth-order valence-corrected chi connectivity index (χ4v) is 3.00. The highest BCUT2D eigenvalue weighted by atomic mass is 35.5. The van der Waals surface area contributed by atoms with Gasteiger partial charge in [0.25, 0.3) is 0 Å². The second-order valence-electron chi connectivity index (χ2n) is 5.41. The van der Waals surface area contributed by atoms with Crippen LogP contribution in [0.5, 0.6) is 0 Å². The summed E-state index contributed by atoms with van der Waals surface area (Å²) < 4.78 is 0. The molecular weight excluding hydrogens is 309 g/mol. The van der Waals surface area contributed by atoms with Gasteiger partial charge in [-0.2, -0.15) is 0 Å². The van der Waals surface area contributed by atoms with E-state index in [-0.39, 0.29) is 6.54 Å². The number of aryl methyl sites for hydroxylation is 1. The molecule has 0 aliphatic heterocycles. The van der Waals surface area contributed by atoms with Crippen LogP contribution in [-0.4, -0.2) is 17.6 Å². The average Bonchev–Trinajstić information content (AvgIpc) is 2.44. The van der Waals surface area contributed by atoms with E-state index in [1.807, 2.05) is 12.1 Å². The van der Waals surface area contributed by atoms with E-state index in [4.69, 9.17) is 34.0 Å². The number of carboxylic acid groups (broad SMARTS) is 1. The maximum atomic E-state index is 11.0. The normalized spacial score (nSPS) is 13.9. The summed E-state index contributed by atoms with van der Waals surface area (Å²) in [6.07, 6.45) is 4.47.